The molecular weight excluding hydrogens is 228 g/mol. The lowest BCUT2D eigenvalue weighted by molar-refractivity contribution is -0.655. The summed E-state index contributed by atoms with van der Waals surface area (Å²) in [6, 6.07) is 7.68. The predicted octanol–water partition coefficient (Wildman–Crippen LogP) is 0.485. The van der Waals surface area contributed by atoms with Crippen molar-refractivity contribution in [2.24, 2.45) is 0 Å². The summed E-state index contributed by atoms with van der Waals surface area (Å²) in [4.78, 5) is 13.7. The van der Waals surface area contributed by atoms with Crippen molar-refractivity contribution >= 4 is 16.7 Å². The van der Waals surface area contributed by atoms with Crippen molar-refractivity contribution < 1.29 is 9.73 Å². The second-order valence-corrected chi connectivity index (χ2v) is 4.78. The molecule has 0 saturated carbocycles. The zero-order valence-electron chi connectivity index (χ0n) is 10.5. The van der Waals surface area contributed by atoms with Gasteiger partial charge >= 0.3 is 5.63 Å². The first kappa shape index (κ1) is 11.3. The van der Waals surface area contributed by atoms with Crippen LogP contribution in [0.15, 0.2) is 33.5 Å². The summed E-state index contributed by atoms with van der Waals surface area (Å²) < 4.78 is 5.28. The zero-order chi connectivity index (χ0) is 12.5. The molecule has 1 saturated heterocycles. The number of hydrogen-bond donors (Lipinski definition) is 1. The summed E-state index contributed by atoms with van der Waals surface area (Å²) in [5.74, 6) is 0. The molecule has 0 spiro atoms. The molecule has 94 valence electrons. The zero-order valence-corrected chi connectivity index (χ0v) is 10.5. The molecule has 3 rings (SSSR count). The van der Waals surface area contributed by atoms with Crippen LogP contribution >= 0.6 is 0 Å². The van der Waals surface area contributed by atoms with Gasteiger partial charge < -0.3 is 14.6 Å². The second kappa shape index (κ2) is 4.46. The lowest BCUT2D eigenvalue weighted by Gasteiger charge is -2.27. The minimum atomic E-state index is -0.274. The molecule has 1 aromatic carbocycles. The normalized spacial score (nSPS) is 16.2. The molecule has 0 atom stereocenters. The minimum absolute atomic E-state index is 0.274. The highest BCUT2D eigenvalue weighted by Crippen LogP contribution is 2.23. The molecule has 18 heavy (non-hydrogen) atoms. The van der Waals surface area contributed by atoms with Gasteiger partial charge in [-0.05, 0) is 24.6 Å². The van der Waals surface area contributed by atoms with Crippen molar-refractivity contribution in [2.75, 3.05) is 31.1 Å². The molecule has 0 unspecified atom stereocenters. The molecule has 4 heteroatoms. The molecule has 0 radical (unpaired) electrons. The Balaban J connectivity index is 2.07. The van der Waals surface area contributed by atoms with Crippen LogP contribution in [0.1, 0.15) is 5.56 Å². The maximum Gasteiger partial charge on any atom is 0.336 e. The van der Waals surface area contributed by atoms with E-state index in [0.29, 0.717) is 5.58 Å². The van der Waals surface area contributed by atoms with E-state index in [9.17, 15) is 4.79 Å². The molecule has 1 fully saturated rings. The van der Waals surface area contributed by atoms with E-state index >= 15 is 0 Å². The lowest BCUT2D eigenvalue weighted by Crippen LogP contribution is -2.89. The fourth-order valence-corrected chi connectivity index (χ4v) is 2.52. The van der Waals surface area contributed by atoms with Gasteiger partial charge in [0.1, 0.15) is 5.58 Å². The molecule has 2 N–H and O–H groups in total. The highest BCUT2D eigenvalue weighted by molar-refractivity contribution is 5.83. The number of nitrogens with two attached hydrogens (primary N) is 1. The Labute approximate surface area is 105 Å². The minimum Gasteiger partial charge on any atom is -0.423 e. The van der Waals surface area contributed by atoms with Crippen LogP contribution in [0.4, 0.5) is 5.69 Å². The molecule has 0 aliphatic carbocycles. The van der Waals surface area contributed by atoms with Gasteiger partial charge in [-0.1, -0.05) is 0 Å². The Hall–Kier alpha value is -1.81. The first-order valence-electron chi connectivity index (χ1n) is 6.35. The second-order valence-electron chi connectivity index (χ2n) is 4.78. The van der Waals surface area contributed by atoms with E-state index in [2.05, 4.69) is 16.3 Å². The summed E-state index contributed by atoms with van der Waals surface area (Å²) in [5.41, 5.74) is 2.53. The van der Waals surface area contributed by atoms with Gasteiger partial charge in [0.25, 0.3) is 0 Å². The van der Waals surface area contributed by atoms with Crippen LogP contribution < -0.4 is 15.8 Å². The topological polar surface area (TPSA) is 50.1 Å². The van der Waals surface area contributed by atoms with E-state index in [-0.39, 0.29) is 5.63 Å². The van der Waals surface area contributed by atoms with Crippen LogP contribution in [-0.2, 0) is 0 Å². The van der Waals surface area contributed by atoms with Gasteiger partial charge in [-0.15, -0.1) is 0 Å². The molecule has 1 aromatic heterocycles. The fourth-order valence-electron chi connectivity index (χ4n) is 2.52. The molecule has 2 heterocycles. The van der Waals surface area contributed by atoms with Gasteiger partial charge in [0.2, 0.25) is 0 Å². The van der Waals surface area contributed by atoms with Gasteiger partial charge in [0.05, 0.1) is 26.2 Å². The summed E-state index contributed by atoms with van der Waals surface area (Å²) in [6.45, 7) is 6.27. The maximum absolute atomic E-state index is 11.4. The summed E-state index contributed by atoms with van der Waals surface area (Å²) in [6.07, 6.45) is 0. The van der Waals surface area contributed by atoms with Crippen LogP contribution in [0.5, 0.6) is 0 Å². The highest BCUT2D eigenvalue weighted by atomic mass is 16.4. The van der Waals surface area contributed by atoms with Crippen molar-refractivity contribution in [3.8, 4) is 0 Å². The van der Waals surface area contributed by atoms with Crippen molar-refractivity contribution in [2.45, 2.75) is 6.92 Å². The molecule has 4 nitrogen and oxygen atoms in total. The fraction of sp³-hybridized carbons (Fsp3) is 0.357. The Morgan fingerprint density at radius 3 is 2.78 bits per heavy atom. The smallest absolute Gasteiger partial charge is 0.336 e. The van der Waals surface area contributed by atoms with Crippen LogP contribution in [0.3, 0.4) is 0 Å². The Morgan fingerprint density at radius 1 is 1.22 bits per heavy atom. The van der Waals surface area contributed by atoms with Crippen molar-refractivity contribution in [3.05, 3.63) is 40.2 Å². The van der Waals surface area contributed by atoms with Crippen LogP contribution in [-0.4, -0.2) is 26.2 Å². The first-order valence-corrected chi connectivity index (χ1v) is 6.35. The van der Waals surface area contributed by atoms with Crippen LogP contribution in [0, 0.1) is 6.92 Å². The van der Waals surface area contributed by atoms with Gasteiger partial charge in [0, 0.05) is 23.2 Å². The molecule has 0 amide bonds. The van der Waals surface area contributed by atoms with E-state index in [4.69, 9.17) is 4.42 Å². The van der Waals surface area contributed by atoms with Gasteiger partial charge in [-0.3, -0.25) is 0 Å². The van der Waals surface area contributed by atoms with Gasteiger partial charge in [-0.2, -0.15) is 0 Å². The number of anilines is 1. The molecule has 1 aliphatic rings. The maximum atomic E-state index is 11.4. The Kier molecular flexibility index (Phi) is 2.80. The summed E-state index contributed by atoms with van der Waals surface area (Å²) >= 11 is 0. The van der Waals surface area contributed by atoms with Gasteiger partial charge in [0.15, 0.2) is 0 Å². The van der Waals surface area contributed by atoms with Crippen LogP contribution in [0.2, 0.25) is 0 Å². The van der Waals surface area contributed by atoms with Crippen molar-refractivity contribution in [1.82, 2.24) is 0 Å². The third kappa shape index (κ3) is 1.99. The van der Waals surface area contributed by atoms with E-state index in [1.807, 2.05) is 19.1 Å². The third-order valence-electron chi connectivity index (χ3n) is 3.51. The molecule has 2 aromatic rings. The number of benzene rings is 1. The number of nitrogens with zero attached hydrogens (tertiary/aromatic N) is 1. The summed E-state index contributed by atoms with van der Waals surface area (Å²) in [5, 5.41) is 3.34. The quantitative estimate of drug-likeness (QED) is 0.744. The number of quaternary nitrogens is 1. The Bertz CT molecular complexity index is 627. The van der Waals surface area contributed by atoms with Crippen LogP contribution in [0.25, 0.3) is 11.0 Å². The van der Waals surface area contributed by atoms with E-state index < -0.39 is 0 Å². The van der Waals surface area contributed by atoms with E-state index in [1.165, 1.54) is 6.07 Å². The number of piperazine rings is 1. The number of fused-ring (bicyclic) bond motifs is 1. The van der Waals surface area contributed by atoms with E-state index in [1.54, 1.807) is 0 Å². The predicted molar refractivity (Wildman–Crippen MR) is 71.1 cm³/mol. The standard InChI is InChI=1S/C14H16N2O2/c1-10-8-14(17)18-13-9-11(2-3-12(10)13)16-6-4-15-5-7-16/h2-3,8-9,15H,4-7H2,1H3/p+1. The number of aryl methyl sites for hydroxylation is 1. The highest BCUT2D eigenvalue weighted by Gasteiger charge is 2.13. The summed E-state index contributed by atoms with van der Waals surface area (Å²) in [7, 11) is 0. The largest absolute Gasteiger partial charge is 0.423 e. The molecular formula is C14H17N2O2+. The third-order valence-corrected chi connectivity index (χ3v) is 3.51. The number of hydrogen-bond acceptors (Lipinski definition) is 3. The monoisotopic (exact) mass is 245 g/mol. The first-order chi connectivity index (χ1) is 8.74. The van der Waals surface area contributed by atoms with Crippen molar-refractivity contribution in [3.63, 3.8) is 0 Å². The SMILES string of the molecule is Cc1cc(=O)oc2cc(N3CC[NH2+]CC3)ccc12. The average molecular weight is 245 g/mol. The number of rotatable bonds is 1. The van der Waals surface area contributed by atoms with Gasteiger partial charge in [-0.25, -0.2) is 4.79 Å². The Morgan fingerprint density at radius 2 is 2.00 bits per heavy atom. The van der Waals surface area contributed by atoms with E-state index in [0.717, 1.165) is 42.8 Å². The average Bonchev–Trinajstić information content (AvgIpc) is 2.39. The molecule has 1 aliphatic heterocycles. The van der Waals surface area contributed by atoms with Crippen molar-refractivity contribution in [1.29, 1.82) is 0 Å². The molecule has 0 bridgehead atoms. The lowest BCUT2D eigenvalue weighted by atomic mass is 10.1.